The summed E-state index contributed by atoms with van der Waals surface area (Å²) >= 11 is 0. The Kier molecular flexibility index (Phi) is 4.88. The van der Waals surface area contributed by atoms with Crippen LogP contribution >= 0.6 is 0 Å². The number of hydrogen-bond donors (Lipinski definition) is 1. The Morgan fingerprint density at radius 2 is 1.78 bits per heavy atom. The van der Waals surface area contributed by atoms with Crippen LogP contribution in [0, 0.1) is 13.8 Å². The molecule has 5 nitrogen and oxygen atoms in total. The Morgan fingerprint density at radius 1 is 1.09 bits per heavy atom. The van der Waals surface area contributed by atoms with Gasteiger partial charge in [-0.05, 0) is 19.4 Å². The van der Waals surface area contributed by atoms with Crippen molar-refractivity contribution in [1.29, 1.82) is 0 Å². The maximum absolute atomic E-state index is 10.4. The smallest absolute Gasteiger partial charge is 0.150 e. The highest BCUT2D eigenvalue weighted by Gasteiger charge is 2.22. The van der Waals surface area contributed by atoms with Crippen LogP contribution in [-0.4, -0.2) is 52.7 Å². The molecule has 1 aliphatic rings. The molecule has 3 rings (SSSR count). The molecule has 0 amide bonds. The molecule has 1 aromatic carbocycles. The van der Waals surface area contributed by atoms with Gasteiger partial charge in [0.05, 0.1) is 17.5 Å². The van der Waals surface area contributed by atoms with Gasteiger partial charge in [-0.3, -0.25) is 9.88 Å². The van der Waals surface area contributed by atoms with Gasteiger partial charge in [0.1, 0.15) is 5.82 Å². The molecule has 1 N–H and O–H groups in total. The van der Waals surface area contributed by atoms with Crippen molar-refractivity contribution < 1.29 is 5.11 Å². The first-order valence-electron chi connectivity index (χ1n) is 8.14. The Morgan fingerprint density at radius 3 is 2.48 bits per heavy atom. The lowest BCUT2D eigenvalue weighted by atomic mass is 10.1. The van der Waals surface area contributed by atoms with Gasteiger partial charge in [0.15, 0.2) is 0 Å². The third-order valence-corrected chi connectivity index (χ3v) is 4.34. The molecule has 0 aliphatic carbocycles. The topological polar surface area (TPSA) is 52.5 Å². The summed E-state index contributed by atoms with van der Waals surface area (Å²) in [5, 5.41) is 10.4. The van der Waals surface area contributed by atoms with Gasteiger partial charge in [0.2, 0.25) is 0 Å². The maximum atomic E-state index is 10.4. The van der Waals surface area contributed by atoms with Gasteiger partial charge >= 0.3 is 0 Å². The van der Waals surface area contributed by atoms with E-state index < -0.39 is 6.10 Å². The fourth-order valence-electron chi connectivity index (χ4n) is 2.99. The Balaban J connectivity index is 1.57. The second kappa shape index (κ2) is 7.06. The molecule has 23 heavy (non-hydrogen) atoms. The fraction of sp³-hybridized carbons (Fsp3) is 0.444. The monoisotopic (exact) mass is 312 g/mol. The lowest BCUT2D eigenvalue weighted by molar-refractivity contribution is 0.109. The molecule has 1 atom stereocenters. The molecule has 0 radical (unpaired) electrons. The zero-order valence-electron chi connectivity index (χ0n) is 13.8. The van der Waals surface area contributed by atoms with Crippen LogP contribution in [0.25, 0.3) is 0 Å². The summed E-state index contributed by atoms with van der Waals surface area (Å²) in [6.45, 7) is 8.35. The van der Waals surface area contributed by atoms with Crippen molar-refractivity contribution >= 4 is 5.82 Å². The van der Waals surface area contributed by atoms with Gasteiger partial charge in [-0.25, -0.2) is 4.98 Å². The van der Waals surface area contributed by atoms with Crippen LogP contribution in [0.15, 0.2) is 36.5 Å². The Labute approximate surface area is 137 Å². The number of anilines is 1. The van der Waals surface area contributed by atoms with Gasteiger partial charge in [-0.1, -0.05) is 30.3 Å². The minimum atomic E-state index is -0.428. The first-order chi connectivity index (χ1) is 11.1. The predicted molar refractivity (Wildman–Crippen MR) is 91.6 cm³/mol. The van der Waals surface area contributed by atoms with Crippen LogP contribution in [0.1, 0.15) is 23.1 Å². The molecule has 1 aromatic heterocycles. The number of piperazine rings is 1. The summed E-state index contributed by atoms with van der Waals surface area (Å²) in [5.74, 6) is 0.994. The largest absolute Gasteiger partial charge is 0.387 e. The third kappa shape index (κ3) is 3.86. The molecule has 1 aliphatic heterocycles. The number of aliphatic hydroxyl groups is 1. The van der Waals surface area contributed by atoms with Crippen molar-refractivity contribution in [3.05, 3.63) is 53.5 Å². The molecule has 1 saturated heterocycles. The van der Waals surface area contributed by atoms with Crippen LogP contribution in [0.4, 0.5) is 5.82 Å². The highest BCUT2D eigenvalue weighted by atomic mass is 16.3. The van der Waals surface area contributed by atoms with Gasteiger partial charge in [0, 0.05) is 38.9 Å². The number of benzene rings is 1. The highest BCUT2D eigenvalue weighted by Crippen LogP contribution is 2.19. The summed E-state index contributed by atoms with van der Waals surface area (Å²) in [6.07, 6.45) is 1.38. The number of aromatic nitrogens is 2. The molecule has 1 unspecified atom stereocenters. The summed E-state index contributed by atoms with van der Waals surface area (Å²) < 4.78 is 0. The third-order valence-electron chi connectivity index (χ3n) is 4.34. The quantitative estimate of drug-likeness (QED) is 0.935. The van der Waals surface area contributed by atoms with E-state index in [1.54, 1.807) is 0 Å². The van der Waals surface area contributed by atoms with E-state index in [0.29, 0.717) is 6.54 Å². The van der Waals surface area contributed by atoms with E-state index in [1.165, 1.54) is 0 Å². The molecule has 0 saturated carbocycles. The van der Waals surface area contributed by atoms with Gasteiger partial charge in [-0.15, -0.1) is 0 Å². The predicted octanol–water partition coefficient (Wildman–Crippen LogP) is 1.95. The van der Waals surface area contributed by atoms with E-state index in [4.69, 9.17) is 0 Å². The number of aliphatic hydroxyl groups excluding tert-OH is 1. The fourth-order valence-corrected chi connectivity index (χ4v) is 2.99. The second-order valence-electron chi connectivity index (χ2n) is 6.13. The average Bonchev–Trinajstić information content (AvgIpc) is 2.58. The standard InChI is InChI=1S/C18H24N4O/c1-14-12-19-15(2)18(20-14)22-10-8-21(9-11-22)13-17(23)16-6-4-3-5-7-16/h3-7,12,17,23H,8-11,13H2,1-2H3. The maximum Gasteiger partial charge on any atom is 0.150 e. The lowest BCUT2D eigenvalue weighted by Gasteiger charge is -2.36. The lowest BCUT2D eigenvalue weighted by Crippen LogP contribution is -2.48. The van der Waals surface area contributed by atoms with E-state index >= 15 is 0 Å². The summed E-state index contributed by atoms with van der Waals surface area (Å²) in [5.41, 5.74) is 2.91. The zero-order chi connectivity index (χ0) is 16.2. The summed E-state index contributed by atoms with van der Waals surface area (Å²) in [4.78, 5) is 13.6. The van der Waals surface area contributed by atoms with Crippen molar-refractivity contribution in [1.82, 2.24) is 14.9 Å². The number of rotatable bonds is 4. The normalized spacial score (nSPS) is 17.3. The Bertz CT molecular complexity index is 639. The van der Waals surface area contributed by atoms with Crippen LogP contribution in [-0.2, 0) is 0 Å². The molecular formula is C18H24N4O. The van der Waals surface area contributed by atoms with Gasteiger partial charge in [-0.2, -0.15) is 0 Å². The molecule has 0 spiro atoms. The number of hydrogen-bond acceptors (Lipinski definition) is 5. The van der Waals surface area contributed by atoms with Crippen LogP contribution in [0.5, 0.6) is 0 Å². The minimum Gasteiger partial charge on any atom is -0.387 e. The van der Waals surface area contributed by atoms with Crippen molar-refractivity contribution in [2.75, 3.05) is 37.6 Å². The SMILES string of the molecule is Cc1cnc(C)c(N2CCN(CC(O)c3ccccc3)CC2)n1. The summed E-state index contributed by atoms with van der Waals surface area (Å²) in [7, 11) is 0. The molecular weight excluding hydrogens is 288 g/mol. The molecule has 0 bridgehead atoms. The van der Waals surface area contributed by atoms with Crippen LogP contribution in [0.3, 0.4) is 0 Å². The summed E-state index contributed by atoms with van der Waals surface area (Å²) in [6, 6.07) is 9.87. The highest BCUT2D eigenvalue weighted by molar-refractivity contribution is 5.43. The van der Waals surface area contributed by atoms with E-state index in [0.717, 1.165) is 48.9 Å². The van der Waals surface area contributed by atoms with Crippen LogP contribution in [0.2, 0.25) is 0 Å². The molecule has 2 heterocycles. The van der Waals surface area contributed by atoms with E-state index in [-0.39, 0.29) is 0 Å². The minimum absolute atomic E-state index is 0.428. The van der Waals surface area contributed by atoms with Crippen molar-refractivity contribution in [3.8, 4) is 0 Å². The Hall–Kier alpha value is -1.98. The first-order valence-corrected chi connectivity index (χ1v) is 8.14. The second-order valence-corrected chi connectivity index (χ2v) is 6.13. The number of β-amino-alcohol motifs (C(OH)–C–C–N with tert-alkyl or cyclic N) is 1. The molecule has 2 aromatic rings. The molecule has 1 fully saturated rings. The molecule has 122 valence electrons. The van der Waals surface area contributed by atoms with Gasteiger partial charge < -0.3 is 10.0 Å². The van der Waals surface area contributed by atoms with Crippen molar-refractivity contribution in [3.63, 3.8) is 0 Å². The van der Waals surface area contributed by atoms with Crippen molar-refractivity contribution in [2.45, 2.75) is 20.0 Å². The average molecular weight is 312 g/mol. The van der Waals surface area contributed by atoms with E-state index in [2.05, 4.69) is 19.8 Å². The number of nitrogens with zero attached hydrogens (tertiary/aromatic N) is 4. The van der Waals surface area contributed by atoms with Crippen molar-refractivity contribution in [2.24, 2.45) is 0 Å². The molecule has 5 heteroatoms. The van der Waals surface area contributed by atoms with E-state index in [1.807, 2.05) is 50.4 Å². The first kappa shape index (κ1) is 15.9. The number of aryl methyl sites for hydroxylation is 2. The van der Waals surface area contributed by atoms with Gasteiger partial charge in [0.25, 0.3) is 0 Å². The van der Waals surface area contributed by atoms with Crippen LogP contribution < -0.4 is 4.90 Å². The van der Waals surface area contributed by atoms with E-state index in [9.17, 15) is 5.11 Å². The zero-order valence-corrected chi connectivity index (χ0v) is 13.8.